The monoisotopic (exact) mass is 352 g/mol. The number of aromatic hydroxyl groups is 1. The van der Waals surface area contributed by atoms with Gasteiger partial charge < -0.3 is 9.84 Å². The van der Waals surface area contributed by atoms with E-state index in [1.165, 1.54) is 18.3 Å². The number of benzene rings is 2. The molecule has 5 nitrogen and oxygen atoms in total. The Kier molecular flexibility index (Phi) is 5.84. The topological polar surface area (TPSA) is 70.9 Å². The molecule has 23 heavy (non-hydrogen) atoms. The summed E-state index contributed by atoms with van der Waals surface area (Å²) in [5, 5.41) is 13.8. The minimum atomic E-state index is -0.617. The maximum absolute atomic E-state index is 12.0. The van der Waals surface area contributed by atoms with Gasteiger partial charge in [-0.3, -0.25) is 4.79 Å². The van der Waals surface area contributed by atoms with E-state index in [4.69, 9.17) is 27.9 Å². The summed E-state index contributed by atoms with van der Waals surface area (Å²) in [6, 6.07) is 9.86. The number of hydrazone groups is 1. The van der Waals surface area contributed by atoms with E-state index >= 15 is 0 Å². The predicted molar refractivity (Wildman–Crippen MR) is 90.8 cm³/mol. The van der Waals surface area contributed by atoms with E-state index in [9.17, 15) is 9.90 Å². The molecule has 1 amide bonds. The van der Waals surface area contributed by atoms with Crippen LogP contribution in [0.1, 0.15) is 22.8 Å². The molecule has 0 saturated heterocycles. The highest BCUT2D eigenvalue weighted by Gasteiger charge is 2.14. The van der Waals surface area contributed by atoms with Gasteiger partial charge in [0.25, 0.3) is 5.91 Å². The van der Waals surface area contributed by atoms with Crippen molar-refractivity contribution >= 4 is 35.3 Å². The van der Waals surface area contributed by atoms with Gasteiger partial charge >= 0.3 is 0 Å². The number of amides is 1. The third-order valence-corrected chi connectivity index (χ3v) is 3.35. The van der Waals surface area contributed by atoms with Gasteiger partial charge in [0.15, 0.2) is 0 Å². The second kappa shape index (κ2) is 7.85. The zero-order valence-electron chi connectivity index (χ0n) is 12.2. The van der Waals surface area contributed by atoms with Gasteiger partial charge in [-0.05, 0) is 48.9 Å². The van der Waals surface area contributed by atoms with Crippen LogP contribution in [-0.2, 0) is 0 Å². The van der Waals surface area contributed by atoms with E-state index in [1.54, 1.807) is 24.3 Å². The lowest BCUT2D eigenvalue weighted by Gasteiger charge is -2.05. The van der Waals surface area contributed by atoms with E-state index in [2.05, 4.69) is 10.5 Å². The third kappa shape index (κ3) is 4.61. The quantitative estimate of drug-likeness (QED) is 0.633. The summed E-state index contributed by atoms with van der Waals surface area (Å²) in [4.78, 5) is 12.0. The van der Waals surface area contributed by atoms with Crippen molar-refractivity contribution in [2.75, 3.05) is 6.61 Å². The highest BCUT2D eigenvalue weighted by atomic mass is 35.5. The van der Waals surface area contributed by atoms with E-state index in [-0.39, 0.29) is 21.4 Å². The van der Waals surface area contributed by atoms with Crippen molar-refractivity contribution in [3.05, 3.63) is 57.6 Å². The Morgan fingerprint density at radius 1 is 1.30 bits per heavy atom. The first-order chi connectivity index (χ1) is 11.0. The predicted octanol–water partition coefficient (Wildman–Crippen LogP) is 3.86. The van der Waals surface area contributed by atoms with Crippen LogP contribution in [-0.4, -0.2) is 23.8 Å². The molecule has 0 bridgehead atoms. The Morgan fingerprint density at radius 3 is 2.65 bits per heavy atom. The van der Waals surface area contributed by atoms with Crippen molar-refractivity contribution in [2.45, 2.75) is 6.92 Å². The number of carbonyl (C=O) groups is 1. The molecule has 7 heteroatoms. The van der Waals surface area contributed by atoms with Crippen LogP contribution in [0, 0.1) is 0 Å². The van der Waals surface area contributed by atoms with Crippen LogP contribution in [0.2, 0.25) is 10.0 Å². The maximum Gasteiger partial charge on any atom is 0.275 e. The molecule has 0 unspecified atom stereocenters. The summed E-state index contributed by atoms with van der Waals surface area (Å²) in [5.41, 5.74) is 3.03. The number of halogens is 2. The minimum Gasteiger partial charge on any atom is -0.506 e. The molecule has 120 valence electrons. The lowest BCUT2D eigenvalue weighted by molar-refractivity contribution is 0.0952. The van der Waals surface area contributed by atoms with Gasteiger partial charge in [0, 0.05) is 5.02 Å². The molecule has 2 N–H and O–H groups in total. The average Bonchev–Trinajstić information content (AvgIpc) is 2.52. The standard InChI is InChI=1S/C16H14Cl2N2O3/c1-2-23-12-5-3-10(4-6-12)9-19-20-16(22)13-7-11(17)8-14(18)15(13)21/h3-9,21H,2H2,1H3,(H,20,22). The lowest BCUT2D eigenvalue weighted by atomic mass is 10.2. The SMILES string of the molecule is CCOc1ccc(C=NNC(=O)c2cc(Cl)cc(Cl)c2O)cc1. The van der Waals surface area contributed by atoms with Gasteiger partial charge in [0.2, 0.25) is 0 Å². The molecule has 0 spiro atoms. The molecule has 0 aliphatic rings. The van der Waals surface area contributed by atoms with Gasteiger partial charge in [-0.2, -0.15) is 5.10 Å². The second-order valence-corrected chi connectivity index (χ2v) is 5.33. The Balaban J connectivity index is 2.04. The zero-order valence-corrected chi connectivity index (χ0v) is 13.7. The normalized spacial score (nSPS) is 10.7. The number of rotatable bonds is 5. The zero-order chi connectivity index (χ0) is 16.8. The molecule has 0 aliphatic carbocycles. The molecule has 0 aliphatic heterocycles. The first kappa shape index (κ1) is 17.1. The maximum atomic E-state index is 12.0. The smallest absolute Gasteiger partial charge is 0.275 e. The molecule has 0 heterocycles. The molecule has 0 aromatic heterocycles. The number of nitrogens with one attached hydrogen (secondary N) is 1. The van der Waals surface area contributed by atoms with E-state index in [0.717, 1.165) is 11.3 Å². The Bertz CT molecular complexity index is 731. The number of phenols is 1. The number of phenolic OH excluding ortho intramolecular Hbond substituents is 1. The van der Waals surface area contributed by atoms with Crippen molar-refractivity contribution in [2.24, 2.45) is 5.10 Å². The van der Waals surface area contributed by atoms with Crippen molar-refractivity contribution in [3.63, 3.8) is 0 Å². The van der Waals surface area contributed by atoms with Crippen LogP contribution >= 0.6 is 23.2 Å². The third-order valence-electron chi connectivity index (χ3n) is 2.84. The first-order valence-corrected chi connectivity index (χ1v) is 7.51. The molecule has 0 fully saturated rings. The summed E-state index contributed by atoms with van der Waals surface area (Å²) in [6.07, 6.45) is 1.47. The van der Waals surface area contributed by atoms with Crippen LogP contribution in [0.25, 0.3) is 0 Å². The molecule has 0 atom stereocenters. The summed E-state index contributed by atoms with van der Waals surface area (Å²) in [5.74, 6) is -0.203. The fourth-order valence-corrected chi connectivity index (χ4v) is 2.27. The minimum absolute atomic E-state index is 0.00172. The van der Waals surface area contributed by atoms with Crippen LogP contribution in [0.3, 0.4) is 0 Å². The number of hydrogen-bond donors (Lipinski definition) is 2. The highest BCUT2D eigenvalue weighted by Crippen LogP contribution is 2.30. The van der Waals surface area contributed by atoms with Crippen LogP contribution < -0.4 is 10.2 Å². The molecule has 0 radical (unpaired) electrons. The fourth-order valence-electron chi connectivity index (χ4n) is 1.78. The van der Waals surface area contributed by atoms with Gasteiger partial charge in [-0.1, -0.05) is 23.2 Å². The first-order valence-electron chi connectivity index (χ1n) is 6.75. The molecular formula is C16H14Cl2N2O3. The number of ether oxygens (including phenoxy) is 1. The summed E-state index contributed by atoms with van der Waals surface area (Å²) in [6.45, 7) is 2.50. The highest BCUT2D eigenvalue weighted by molar-refractivity contribution is 6.36. The number of hydrogen-bond acceptors (Lipinski definition) is 4. The average molecular weight is 353 g/mol. The molecular weight excluding hydrogens is 339 g/mol. The molecule has 2 aromatic rings. The number of nitrogens with zero attached hydrogens (tertiary/aromatic N) is 1. The van der Waals surface area contributed by atoms with Crippen molar-refractivity contribution < 1.29 is 14.6 Å². The second-order valence-electron chi connectivity index (χ2n) is 4.48. The summed E-state index contributed by atoms with van der Waals surface area (Å²) in [7, 11) is 0. The van der Waals surface area contributed by atoms with Crippen molar-refractivity contribution in [1.29, 1.82) is 0 Å². The van der Waals surface area contributed by atoms with Crippen LogP contribution in [0.5, 0.6) is 11.5 Å². The lowest BCUT2D eigenvalue weighted by Crippen LogP contribution is -2.17. The van der Waals surface area contributed by atoms with Gasteiger partial charge in [-0.15, -0.1) is 0 Å². The molecule has 2 rings (SSSR count). The van der Waals surface area contributed by atoms with E-state index in [0.29, 0.717) is 6.61 Å². The van der Waals surface area contributed by atoms with Crippen molar-refractivity contribution in [1.82, 2.24) is 5.43 Å². The van der Waals surface area contributed by atoms with Crippen molar-refractivity contribution in [3.8, 4) is 11.5 Å². The van der Waals surface area contributed by atoms with Crippen LogP contribution in [0.4, 0.5) is 0 Å². The fraction of sp³-hybridized carbons (Fsp3) is 0.125. The largest absolute Gasteiger partial charge is 0.506 e. The van der Waals surface area contributed by atoms with Gasteiger partial charge in [0.05, 0.1) is 23.4 Å². The Hall–Kier alpha value is -2.24. The summed E-state index contributed by atoms with van der Waals surface area (Å²) >= 11 is 11.6. The van der Waals surface area contributed by atoms with Gasteiger partial charge in [0.1, 0.15) is 11.5 Å². The van der Waals surface area contributed by atoms with Gasteiger partial charge in [-0.25, -0.2) is 5.43 Å². The Labute approximate surface area is 143 Å². The molecule has 0 saturated carbocycles. The van der Waals surface area contributed by atoms with E-state index < -0.39 is 5.91 Å². The van der Waals surface area contributed by atoms with Crippen LogP contribution in [0.15, 0.2) is 41.5 Å². The number of carbonyl (C=O) groups excluding carboxylic acids is 1. The molecule has 2 aromatic carbocycles. The summed E-state index contributed by atoms with van der Waals surface area (Å²) < 4.78 is 5.33. The Morgan fingerprint density at radius 2 is 2.00 bits per heavy atom. The van der Waals surface area contributed by atoms with E-state index in [1.807, 2.05) is 6.92 Å².